The Morgan fingerprint density at radius 3 is 2.23 bits per heavy atom. The number of rotatable bonds is 7. The second-order valence-electron chi connectivity index (χ2n) is 7.93. The first kappa shape index (κ1) is 20.0. The van der Waals surface area contributed by atoms with E-state index < -0.39 is 0 Å². The van der Waals surface area contributed by atoms with Crippen LogP contribution in [0.3, 0.4) is 0 Å². The lowest BCUT2D eigenvalue weighted by Crippen LogP contribution is -2.26. The Balaban J connectivity index is 1.73. The molecule has 26 heavy (non-hydrogen) atoms. The molecule has 0 spiro atoms. The lowest BCUT2D eigenvalue weighted by molar-refractivity contribution is -0.121. The highest BCUT2D eigenvalue weighted by molar-refractivity contribution is 5.76. The summed E-state index contributed by atoms with van der Waals surface area (Å²) in [5, 5.41) is 3.07. The Morgan fingerprint density at radius 2 is 1.65 bits per heavy atom. The van der Waals surface area contributed by atoms with E-state index in [4.69, 9.17) is 4.74 Å². The standard InChI is InChI=1S/C23H31NO2/c1-17-8-14-21(15-9-17)26-16-6-7-22(25)24-18(2)19-10-12-20(13-11-19)23(3,4)5/h8-15,18H,6-7,16H2,1-5H3,(H,24,25)/t18-/m1/s1. The van der Waals surface area contributed by atoms with Crippen LogP contribution in [0.5, 0.6) is 5.75 Å². The molecule has 0 aliphatic carbocycles. The van der Waals surface area contributed by atoms with Crippen LogP contribution in [0.4, 0.5) is 0 Å². The van der Waals surface area contributed by atoms with Gasteiger partial charge in [-0.05, 0) is 48.9 Å². The zero-order valence-corrected chi connectivity index (χ0v) is 16.6. The highest BCUT2D eigenvalue weighted by Gasteiger charge is 2.14. The van der Waals surface area contributed by atoms with Gasteiger partial charge in [-0.15, -0.1) is 0 Å². The number of carbonyl (C=O) groups excluding carboxylic acids is 1. The second kappa shape index (κ2) is 8.88. The number of aryl methyl sites for hydroxylation is 1. The monoisotopic (exact) mass is 353 g/mol. The Hall–Kier alpha value is -2.29. The van der Waals surface area contributed by atoms with E-state index >= 15 is 0 Å². The summed E-state index contributed by atoms with van der Waals surface area (Å²) in [7, 11) is 0. The normalized spacial score (nSPS) is 12.5. The number of carbonyl (C=O) groups is 1. The third-order valence-electron chi connectivity index (χ3n) is 4.49. The van der Waals surface area contributed by atoms with Crippen LogP contribution in [0.2, 0.25) is 0 Å². The zero-order valence-electron chi connectivity index (χ0n) is 16.6. The Bertz CT molecular complexity index is 696. The van der Waals surface area contributed by atoms with E-state index in [0.717, 1.165) is 11.3 Å². The summed E-state index contributed by atoms with van der Waals surface area (Å²) in [5.41, 5.74) is 3.78. The van der Waals surface area contributed by atoms with Crippen molar-refractivity contribution in [3.05, 3.63) is 65.2 Å². The summed E-state index contributed by atoms with van der Waals surface area (Å²) in [6, 6.07) is 16.5. The van der Waals surface area contributed by atoms with Gasteiger partial charge in [-0.25, -0.2) is 0 Å². The molecule has 0 unspecified atom stereocenters. The van der Waals surface area contributed by atoms with Crippen molar-refractivity contribution < 1.29 is 9.53 Å². The zero-order chi connectivity index (χ0) is 19.2. The summed E-state index contributed by atoms with van der Waals surface area (Å²) in [6.07, 6.45) is 1.17. The molecule has 3 nitrogen and oxygen atoms in total. The molecule has 0 aliphatic heterocycles. The van der Waals surface area contributed by atoms with Gasteiger partial charge in [-0.3, -0.25) is 4.79 Å². The van der Waals surface area contributed by atoms with E-state index in [-0.39, 0.29) is 17.4 Å². The molecule has 140 valence electrons. The van der Waals surface area contributed by atoms with Gasteiger partial charge in [0, 0.05) is 6.42 Å². The first-order valence-electron chi connectivity index (χ1n) is 9.35. The van der Waals surface area contributed by atoms with Crippen LogP contribution >= 0.6 is 0 Å². The summed E-state index contributed by atoms with van der Waals surface area (Å²) >= 11 is 0. The smallest absolute Gasteiger partial charge is 0.220 e. The molecule has 1 atom stereocenters. The van der Waals surface area contributed by atoms with Crippen LogP contribution in [-0.4, -0.2) is 12.5 Å². The van der Waals surface area contributed by atoms with Crippen LogP contribution < -0.4 is 10.1 Å². The van der Waals surface area contributed by atoms with Gasteiger partial charge in [0.2, 0.25) is 5.91 Å². The van der Waals surface area contributed by atoms with Gasteiger partial charge in [-0.1, -0.05) is 62.7 Å². The SMILES string of the molecule is Cc1ccc(OCCCC(=O)N[C@H](C)c2ccc(C(C)(C)C)cc2)cc1. The van der Waals surface area contributed by atoms with Gasteiger partial charge in [-0.2, -0.15) is 0 Å². The molecule has 1 amide bonds. The van der Waals surface area contributed by atoms with Gasteiger partial charge in [0.1, 0.15) is 5.75 Å². The summed E-state index contributed by atoms with van der Waals surface area (Å²) in [6.45, 7) is 11.2. The van der Waals surface area contributed by atoms with Crippen molar-refractivity contribution in [1.29, 1.82) is 0 Å². The molecule has 0 heterocycles. The number of ether oxygens (including phenoxy) is 1. The fraction of sp³-hybridized carbons (Fsp3) is 0.435. The van der Waals surface area contributed by atoms with Crippen molar-refractivity contribution >= 4 is 5.91 Å². The molecule has 1 N–H and O–H groups in total. The van der Waals surface area contributed by atoms with Gasteiger partial charge in [0.05, 0.1) is 12.6 Å². The average Bonchev–Trinajstić information content (AvgIpc) is 2.59. The lowest BCUT2D eigenvalue weighted by Gasteiger charge is -2.20. The average molecular weight is 354 g/mol. The molecule has 2 aromatic rings. The van der Waals surface area contributed by atoms with Crippen LogP contribution in [0.15, 0.2) is 48.5 Å². The molecular weight excluding hydrogens is 322 g/mol. The number of nitrogens with one attached hydrogen (secondary N) is 1. The number of hydrogen-bond donors (Lipinski definition) is 1. The maximum absolute atomic E-state index is 12.1. The van der Waals surface area contributed by atoms with Crippen molar-refractivity contribution in [2.45, 2.75) is 58.9 Å². The largest absolute Gasteiger partial charge is 0.494 e. The highest BCUT2D eigenvalue weighted by atomic mass is 16.5. The van der Waals surface area contributed by atoms with E-state index in [2.05, 4.69) is 50.4 Å². The van der Waals surface area contributed by atoms with E-state index in [1.807, 2.05) is 38.1 Å². The molecule has 3 heteroatoms. The third-order valence-corrected chi connectivity index (χ3v) is 4.49. The minimum atomic E-state index is 0.00883. The Labute approximate surface area is 157 Å². The fourth-order valence-electron chi connectivity index (χ4n) is 2.73. The first-order chi connectivity index (χ1) is 12.3. The first-order valence-corrected chi connectivity index (χ1v) is 9.35. The molecule has 0 radical (unpaired) electrons. The van der Waals surface area contributed by atoms with E-state index in [9.17, 15) is 4.79 Å². The minimum Gasteiger partial charge on any atom is -0.494 e. The van der Waals surface area contributed by atoms with Crippen molar-refractivity contribution in [3.63, 3.8) is 0 Å². The van der Waals surface area contributed by atoms with E-state index in [1.165, 1.54) is 11.1 Å². The molecule has 0 saturated carbocycles. The summed E-state index contributed by atoms with van der Waals surface area (Å²) < 4.78 is 5.67. The summed E-state index contributed by atoms with van der Waals surface area (Å²) in [4.78, 5) is 12.1. The molecule has 2 rings (SSSR count). The van der Waals surface area contributed by atoms with E-state index in [0.29, 0.717) is 19.4 Å². The van der Waals surface area contributed by atoms with Crippen molar-refractivity contribution in [2.75, 3.05) is 6.61 Å². The van der Waals surface area contributed by atoms with Crippen LogP contribution in [0, 0.1) is 6.92 Å². The fourth-order valence-corrected chi connectivity index (χ4v) is 2.73. The predicted molar refractivity (Wildman–Crippen MR) is 108 cm³/mol. The third kappa shape index (κ3) is 6.21. The molecule has 0 bridgehead atoms. The van der Waals surface area contributed by atoms with Crippen LogP contribution in [0.25, 0.3) is 0 Å². The van der Waals surface area contributed by atoms with Gasteiger partial charge >= 0.3 is 0 Å². The highest BCUT2D eigenvalue weighted by Crippen LogP contribution is 2.24. The predicted octanol–water partition coefficient (Wildman–Crippen LogP) is 5.33. The second-order valence-corrected chi connectivity index (χ2v) is 7.93. The van der Waals surface area contributed by atoms with E-state index in [1.54, 1.807) is 0 Å². The van der Waals surface area contributed by atoms with Gasteiger partial charge < -0.3 is 10.1 Å². The van der Waals surface area contributed by atoms with Crippen molar-refractivity contribution in [2.24, 2.45) is 0 Å². The lowest BCUT2D eigenvalue weighted by atomic mass is 9.86. The van der Waals surface area contributed by atoms with Crippen LogP contribution in [-0.2, 0) is 10.2 Å². The van der Waals surface area contributed by atoms with Crippen molar-refractivity contribution in [3.8, 4) is 5.75 Å². The molecule has 2 aromatic carbocycles. The molecular formula is C23H31NO2. The molecule has 0 aliphatic rings. The summed E-state index contributed by atoms with van der Waals surface area (Å²) in [5.74, 6) is 0.910. The molecule has 0 saturated heterocycles. The maximum Gasteiger partial charge on any atom is 0.220 e. The number of amides is 1. The van der Waals surface area contributed by atoms with Crippen molar-refractivity contribution in [1.82, 2.24) is 5.32 Å². The molecule has 0 aromatic heterocycles. The number of benzene rings is 2. The van der Waals surface area contributed by atoms with Crippen LogP contribution in [0.1, 0.15) is 63.3 Å². The maximum atomic E-state index is 12.1. The van der Waals surface area contributed by atoms with Gasteiger partial charge in [0.25, 0.3) is 0 Å². The minimum absolute atomic E-state index is 0.00883. The van der Waals surface area contributed by atoms with Gasteiger partial charge in [0.15, 0.2) is 0 Å². The quantitative estimate of drug-likeness (QED) is 0.683. The molecule has 0 fully saturated rings. The number of hydrogen-bond acceptors (Lipinski definition) is 2. The Kier molecular flexibility index (Phi) is 6.84. The Morgan fingerprint density at radius 1 is 1.04 bits per heavy atom. The topological polar surface area (TPSA) is 38.3 Å².